The Labute approximate surface area is 148 Å². The van der Waals surface area contributed by atoms with Crippen LogP contribution in [0.2, 0.25) is 0 Å². The van der Waals surface area contributed by atoms with E-state index in [0.29, 0.717) is 18.2 Å². The van der Waals surface area contributed by atoms with E-state index in [2.05, 4.69) is 10.5 Å². The highest BCUT2D eigenvalue weighted by Gasteiger charge is 2.25. The van der Waals surface area contributed by atoms with E-state index >= 15 is 0 Å². The molecule has 2 aromatic rings. The lowest BCUT2D eigenvalue weighted by molar-refractivity contribution is 0.0878. The molecule has 1 unspecified atom stereocenters. The van der Waals surface area contributed by atoms with Gasteiger partial charge in [0.15, 0.2) is 0 Å². The zero-order valence-electron chi connectivity index (χ0n) is 13.6. The molecule has 1 atom stereocenters. The van der Waals surface area contributed by atoms with Crippen LogP contribution in [0.5, 0.6) is 0 Å². The fraction of sp³-hybridized carbons (Fsp3) is 0.444. The molecule has 1 fully saturated rings. The average molecular weight is 350 g/mol. The number of hydrogen-bond acceptors (Lipinski definition) is 4. The summed E-state index contributed by atoms with van der Waals surface area (Å²) in [6.07, 6.45) is 5.99. The van der Waals surface area contributed by atoms with Crippen LogP contribution in [0.15, 0.2) is 40.9 Å². The van der Waals surface area contributed by atoms with Gasteiger partial charge in [-0.2, -0.15) is 0 Å². The highest BCUT2D eigenvalue weighted by atomic mass is 35.5. The molecule has 1 aliphatic rings. The first kappa shape index (κ1) is 18.5. The predicted octanol–water partition coefficient (Wildman–Crippen LogP) is 3.40. The van der Waals surface area contributed by atoms with Crippen LogP contribution in [0.4, 0.5) is 0 Å². The maximum atomic E-state index is 12.4. The Morgan fingerprint density at radius 3 is 2.62 bits per heavy atom. The van der Waals surface area contributed by atoms with Crippen molar-refractivity contribution in [2.45, 2.75) is 38.1 Å². The summed E-state index contributed by atoms with van der Waals surface area (Å²) in [7, 11) is 0. The van der Waals surface area contributed by atoms with E-state index in [-0.39, 0.29) is 30.1 Å². The smallest absolute Gasteiger partial charge is 0.290 e. The summed E-state index contributed by atoms with van der Waals surface area (Å²) >= 11 is 0. The van der Waals surface area contributed by atoms with Gasteiger partial charge in [0.25, 0.3) is 5.91 Å². The number of aromatic nitrogens is 1. The molecule has 3 N–H and O–H groups in total. The number of hydrogen-bond donors (Lipinski definition) is 2. The second-order valence-electron chi connectivity index (χ2n) is 6.16. The summed E-state index contributed by atoms with van der Waals surface area (Å²) < 4.78 is 5.21. The van der Waals surface area contributed by atoms with Gasteiger partial charge in [0.05, 0.1) is 0 Å². The van der Waals surface area contributed by atoms with Crippen molar-refractivity contribution in [2.75, 3.05) is 6.54 Å². The molecule has 1 heterocycles. The molecule has 0 radical (unpaired) electrons. The molecule has 1 amide bonds. The third-order valence-electron chi connectivity index (χ3n) is 4.59. The van der Waals surface area contributed by atoms with Gasteiger partial charge in [0.1, 0.15) is 5.69 Å². The SMILES string of the molecule is Cl.NCC(NC(=O)c1cc(-c2ccccc2)no1)C1CCCCC1. The topological polar surface area (TPSA) is 81.1 Å². The molecular formula is C18H24ClN3O2. The van der Waals surface area contributed by atoms with E-state index in [9.17, 15) is 4.79 Å². The number of halogens is 1. The summed E-state index contributed by atoms with van der Waals surface area (Å²) in [5, 5.41) is 7.01. The highest BCUT2D eigenvalue weighted by molar-refractivity contribution is 5.92. The molecule has 130 valence electrons. The van der Waals surface area contributed by atoms with Crippen molar-refractivity contribution in [2.24, 2.45) is 11.7 Å². The number of carbonyl (C=O) groups excluding carboxylic acids is 1. The number of nitrogens with two attached hydrogens (primary N) is 1. The normalized spacial score (nSPS) is 16.2. The minimum Gasteiger partial charge on any atom is -0.350 e. The number of amides is 1. The van der Waals surface area contributed by atoms with Gasteiger partial charge in [-0.05, 0) is 18.8 Å². The minimum absolute atomic E-state index is 0. The van der Waals surface area contributed by atoms with Crippen molar-refractivity contribution in [1.29, 1.82) is 0 Å². The average Bonchev–Trinajstić information content (AvgIpc) is 3.11. The van der Waals surface area contributed by atoms with Crippen LogP contribution >= 0.6 is 12.4 Å². The number of carbonyl (C=O) groups is 1. The highest BCUT2D eigenvalue weighted by Crippen LogP contribution is 2.26. The lowest BCUT2D eigenvalue weighted by Gasteiger charge is -2.29. The van der Waals surface area contributed by atoms with Crippen molar-refractivity contribution in [3.63, 3.8) is 0 Å². The monoisotopic (exact) mass is 349 g/mol. The molecule has 1 aliphatic carbocycles. The fourth-order valence-electron chi connectivity index (χ4n) is 3.27. The Bertz CT molecular complexity index is 639. The maximum absolute atomic E-state index is 12.4. The lowest BCUT2D eigenvalue weighted by Crippen LogP contribution is -2.45. The Kier molecular flexibility index (Phi) is 6.82. The quantitative estimate of drug-likeness (QED) is 0.866. The molecule has 0 spiro atoms. The van der Waals surface area contributed by atoms with Gasteiger partial charge >= 0.3 is 0 Å². The van der Waals surface area contributed by atoms with Crippen LogP contribution in [0.3, 0.4) is 0 Å². The summed E-state index contributed by atoms with van der Waals surface area (Å²) in [6, 6.07) is 11.4. The largest absolute Gasteiger partial charge is 0.350 e. The summed E-state index contributed by atoms with van der Waals surface area (Å²) in [6.45, 7) is 0.454. The third-order valence-corrected chi connectivity index (χ3v) is 4.59. The van der Waals surface area contributed by atoms with Crippen LogP contribution in [0, 0.1) is 5.92 Å². The lowest BCUT2D eigenvalue weighted by atomic mass is 9.84. The van der Waals surface area contributed by atoms with Gasteiger partial charge in [-0.25, -0.2) is 0 Å². The predicted molar refractivity (Wildman–Crippen MR) is 96.1 cm³/mol. The molecule has 5 nitrogen and oxygen atoms in total. The molecule has 1 saturated carbocycles. The number of nitrogens with zero attached hydrogens (tertiary/aromatic N) is 1. The molecule has 0 aliphatic heterocycles. The standard InChI is InChI=1S/C18H23N3O2.ClH/c19-12-16(14-9-5-2-6-10-14)20-18(22)17-11-15(21-23-17)13-7-3-1-4-8-13;/h1,3-4,7-8,11,14,16H,2,5-6,9-10,12,19H2,(H,20,22);1H. The number of benzene rings is 1. The zero-order chi connectivity index (χ0) is 16.1. The Morgan fingerprint density at radius 2 is 1.96 bits per heavy atom. The molecule has 1 aromatic heterocycles. The van der Waals surface area contributed by atoms with Crippen LogP contribution in [-0.2, 0) is 0 Å². The van der Waals surface area contributed by atoms with E-state index < -0.39 is 0 Å². The van der Waals surface area contributed by atoms with E-state index in [1.165, 1.54) is 19.3 Å². The molecule has 24 heavy (non-hydrogen) atoms. The van der Waals surface area contributed by atoms with Crippen LogP contribution < -0.4 is 11.1 Å². The fourth-order valence-corrected chi connectivity index (χ4v) is 3.27. The molecule has 1 aromatic carbocycles. The maximum Gasteiger partial charge on any atom is 0.290 e. The van der Waals surface area contributed by atoms with Gasteiger partial charge in [-0.3, -0.25) is 4.79 Å². The second kappa shape index (κ2) is 8.85. The van der Waals surface area contributed by atoms with E-state index in [1.54, 1.807) is 6.07 Å². The van der Waals surface area contributed by atoms with Crippen molar-refractivity contribution in [1.82, 2.24) is 10.5 Å². The van der Waals surface area contributed by atoms with Gasteiger partial charge in [0.2, 0.25) is 5.76 Å². The molecule has 3 rings (SSSR count). The first-order valence-electron chi connectivity index (χ1n) is 8.31. The first-order chi connectivity index (χ1) is 11.3. The van der Waals surface area contributed by atoms with Crippen molar-refractivity contribution < 1.29 is 9.32 Å². The van der Waals surface area contributed by atoms with Crippen molar-refractivity contribution >= 4 is 18.3 Å². The van der Waals surface area contributed by atoms with Crippen LogP contribution in [0.25, 0.3) is 11.3 Å². The Balaban J connectivity index is 0.00000208. The summed E-state index contributed by atoms with van der Waals surface area (Å²) in [5.74, 6) is 0.466. The molecule has 0 saturated heterocycles. The number of rotatable bonds is 5. The van der Waals surface area contributed by atoms with Crippen molar-refractivity contribution in [3.05, 3.63) is 42.2 Å². The van der Waals surface area contributed by atoms with E-state index in [1.807, 2.05) is 30.3 Å². The first-order valence-corrected chi connectivity index (χ1v) is 8.31. The molecule has 0 bridgehead atoms. The van der Waals surface area contributed by atoms with Gasteiger partial charge < -0.3 is 15.6 Å². The second-order valence-corrected chi connectivity index (χ2v) is 6.16. The van der Waals surface area contributed by atoms with Crippen LogP contribution in [0.1, 0.15) is 42.7 Å². The molecule has 6 heteroatoms. The van der Waals surface area contributed by atoms with E-state index in [4.69, 9.17) is 10.3 Å². The number of nitrogens with one attached hydrogen (secondary N) is 1. The summed E-state index contributed by atoms with van der Waals surface area (Å²) in [4.78, 5) is 12.4. The van der Waals surface area contributed by atoms with Gasteiger partial charge in [-0.15, -0.1) is 12.4 Å². The Morgan fingerprint density at radius 1 is 1.25 bits per heavy atom. The van der Waals surface area contributed by atoms with Crippen LogP contribution in [-0.4, -0.2) is 23.7 Å². The zero-order valence-corrected chi connectivity index (χ0v) is 14.4. The Hall–Kier alpha value is -1.85. The van der Waals surface area contributed by atoms with Gasteiger partial charge in [0, 0.05) is 24.2 Å². The van der Waals surface area contributed by atoms with Crippen molar-refractivity contribution in [3.8, 4) is 11.3 Å². The van der Waals surface area contributed by atoms with E-state index in [0.717, 1.165) is 18.4 Å². The minimum atomic E-state index is -0.235. The third kappa shape index (κ3) is 4.36. The molecular weight excluding hydrogens is 326 g/mol. The summed E-state index contributed by atoms with van der Waals surface area (Å²) in [5.41, 5.74) is 7.46. The van der Waals surface area contributed by atoms with Gasteiger partial charge in [-0.1, -0.05) is 54.8 Å².